The van der Waals surface area contributed by atoms with Crippen molar-refractivity contribution in [2.45, 2.75) is 33.6 Å². The lowest BCUT2D eigenvalue weighted by Crippen LogP contribution is -2.29. The van der Waals surface area contributed by atoms with Gasteiger partial charge in [-0.25, -0.2) is 0 Å². The van der Waals surface area contributed by atoms with E-state index in [9.17, 15) is 4.79 Å². The molecule has 0 bridgehead atoms. The van der Waals surface area contributed by atoms with E-state index < -0.39 is 0 Å². The van der Waals surface area contributed by atoms with Gasteiger partial charge in [-0.05, 0) is 12.8 Å². The Hall–Kier alpha value is -0.240. The van der Waals surface area contributed by atoms with Gasteiger partial charge in [0.05, 0.1) is 0 Å². The van der Waals surface area contributed by atoms with Crippen LogP contribution in [0.15, 0.2) is 0 Å². The van der Waals surface area contributed by atoms with E-state index in [1.807, 2.05) is 4.90 Å². The largest absolute Gasteiger partial charge is 0.343 e. The van der Waals surface area contributed by atoms with Crippen LogP contribution in [0.3, 0.4) is 0 Å². The quantitative estimate of drug-likeness (QED) is 0.647. The highest BCUT2D eigenvalue weighted by Crippen LogP contribution is 1.93. The Morgan fingerprint density at radius 2 is 1.55 bits per heavy atom. The van der Waals surface area contributed by atoms with Crippen molar-refractivity contribution >= 4 is 18.3 Å². The number of amides is 1. The summed E-state index contributed by atoms with van der Waals surface area (Å²) in [7, 11) is 0. The molecule has 2 nitrogen and oxygen atoms in total. The summed E-state index contributed by atoms with van der Waals surface area (Å²) in [6.45, 7) is 7.62. The maximum Gasteiger partial charge on any atom is 0.219 e. The summed E-state index contributed by atoms with van der Waals surface area (Å²) in [6, 6.07) is 0. The summed E-state index contributed by atoms with van der Waals surface area (Å²) in [5.41, 5.74) is 0. The zero-order valence-corrected chi connectivity index (χ0v) is 8.41. The zero-order chi connectivity index (χ0) is 7.98. The minimum absolute atomic E-state index is 0. The van der Waals surface area contributed by atoms with Gasteiger partial charge in [-0.15, -0.1) is 12.4 Å². The van der Waals surface area contributed by atoms with Crippen molar-refractivity contribution in [1.82, 2.24) is 4.90 Å². The maximum absolute atomic E-state index is 10.8. The van der Waals surface area contributed by atoms with E-state index >= 15 is 0 Å². The van der Waals surface area contributed by atoms with Crippen molar-refractivity contribution in [2.75, 3.05) is 13.1 Å². The first kappa shape index (κ1) is 13.4. The molecule has 0 spiro atoms. The molecule has 0 aliphatic rings. The van der Waals surface area contributed by atoms with E-state index in [2.05, 4.69) is 13.8 Å². The predicted molar refractivity (Wildman–Crippen MR) is 50.1 cm³/mol. The minimum Gasteiger partial charge on any atom is -0.343 e. The molecule has 1 amide bonds. The molecule has 0 fully saturated rings. The van der Waals surface area contributed by atoms with Crippen LogP contribution >= 0.6 is 12.4 Å². The molecule has 3 heteroatoms. The molecule has 0 N–H and O–H groups in total. The molecule has 0 aliphatic carbocycles. The fourth-order valence-corrected chi connectivity index (χ4v) is 0.967. The summed E-state index contributed by atoms with van der Waals surface area (Å²) >= 11 is 0. The number of carbonyl (C=O) groups is 1. The van der Waals surface area contributed by atoms with E-state index in [1.54, 1.807) is 6.92 Å². The molecular weight excluding hydrogens is 162 g/mol. The minimum atomic E-state index is 0. The molecule has 0 unspecified atom stereocenters. The highest BCUT2D eigenvalue weighted by atomic mass is 35.5. The van der Waals surface area contributed by atoms with Gasteiger partial charge in [0.25, 0.3) is 0 Å². The van der Waals surface area contributed by atoms with Gasteiger partial charge in [0.2, 0.25) is 5.91 Å². The number of carbonyl (C=O) groups excluding carboxylic acids is 1. The highest BCUT2D eigenvalue weighted by molar-refractivity contribution is 5.85. The summed E-state index contributed by atoms with van der Waals surface area (Å²) in [5, 5.41) is 0. The van der Waals surface area contributed by atoms with Crippen molar-refractivity contribution in [2.24, 2.45) is 0 Å². The van der Waals surface area contributed by atoms with Gasteiger partial charge in [-0.2, -0.15) is 0 Å². The van der Waals surface area contributed by atoms with Gasteiger partial charge in [-0.1, -0.05) is 13.8 Å². The number of halogens is 1. The Morgan fingerprint density at radius 1 is 1.18 bits per heavy atom. The second-order valence-corrected chi connectivity index (χ2v) is 2.51. The monoisotopic (exact) mass is 179 g/mol. The van der Waals surface area contributed by atoms with Crippen molar-refractivity contribution in [1.29, 1.82) is 0 Å². The van der Waals surface area contributed by atoms with Gasteiger partial charge in [0, 0.05) is 20.0 Å². The molecule has 0 heterocycles. The molecule has 0 aromatic heterocycles. The van der Waals surface area contributed by atoms with Gasteiger partial charge in [-0.3, -0.25) is 4.79 Å². The predicted octanol–water partition coefficient (Wildman–Crippen LogP) is 2.08. The molecule has 0 radical (unpaired) electrons. The Morgan fingerprint density at radius 3 is 1.73 bits per heavy atom. The second kappa shape index (κ2) is 7.86. The van der Waals surface area contributed by atoms with Crippen LogP contribution in [0.2, 0.25) is 0 Å². The lowest BCUT2D eigenvalue weighted by molar-refractivity contribution is -0.128. The van der Waals surface area contributed by atoms with Crippen molar-refractivity contribution in [3.63, 3.8) is 0 Å². The Kier molecular flexibility index (Phi) is 9.55. The Labute approximate surface area is 75.4 Å². The van der Waals surface area contributed by atoms with E-state index in [0.717, 1.165) is 25.9 Å². The topological polar surface area (TPSA) is 20.3 Å². The molecule has 68 valence electrons. The Bertz CT molecular complexity index is 100. The van der Waals surface area contributed by atoms with Crippen LogP contribution in [0.5, 0.6) is 0 Å². The molecule has 0 atom stereocenters. The van der Waals surface area contributed by atoms with Gasteiger partial charge in [0.15, 0.2) is 0 Å². The standard InChI is InChI=1S/C8H17NO.ClH/c1-4-6-9(7-5-2)8(3)10;/h4-7H2,1-3H3;1H. The van der Waals surface area contributed by atoms with Gasteiger partial charge in [0.1, 0.15) is 0 Å². The highest BCUT2D eigenvalue weighted by Gasteiger charge is 2.03. The number of hydrogen-bond acceptors (Lipinski definition) is 1. The van der Waals surface area contributed by atoms with E-state index in [1.165, 1.54) is 0 Å². The smallest absolute Gasteiger partial charge is 0.219 e. The van der Waals surface area contributed by atoms with E-state index in [4.69, 9.17) is 0 Å². The van der Waals surface area contributed by atoms with Crippen molar-refractivity contribution in [3.8, 4) is 0 Å². The average molecular weight is 180 g/mol. The number of rotatable bonds is 4. The molecule has 11 heavy (non-hydrogen) atoms. The molecule has 0 saturated carbocycles. The first-order valence-electron chi connectivity index (χ1n) is 3.97. The van der Waals surface area contributed by atoms with Gasteiger partial charge >= 0.3 is 0 Å². The van der Waals surface area contributed by atoms with Crippen LogP contribution < -0.4 is 0 Å². The molecule has 0 saturated heterocycles. The van der Waals surface area contributed by atoms with Gasteiger partial charge < -0.3 is 4.90 Å². The molecule has 0 rings (SSSR count). The fourth-order valence-electron chi connectivity index (χ4n) is 0.967. The third-order valence-electron chi connectivity index (χ3n) is 1.43. The van der Waals surface area contributed by atoms with Crippen LogP contribution in [0.25, 0.3) is 0 Å². The summed E-state index contributed by atoms with van der Waals surface area (Å²) < 4.78 is 0. The summed E-state index contributed by atoms with van der Waals surface area (Å²) in [6.07, 6.45) is 2.11. The van der Waals surface area contributed by atoms with Crippen LogP contribution in [-0.4, -0.2) is 23.9 Å². The summed E-state index contributed by atoms with van der Waals surface area (Å²) in [5.74, 6) is 0.198. The van der Waals surface area contributed by atoms with Crippen LogP contribution in [0, 0.1) is 0 Å². The first-order valence-corrected chi connectivity index (χ1v) is 3.97. The van der Waals surface area contributed by atoms with Crippen molar-refractivity contribution in [3.05, 3.63) is 0 Å². The van der Waals surface area contributed by atoms with E-state index in [0.29, 0.717) is 0 Å². The Balaban J connectivity index is 0. The van der Waals surface area contributed by atoms with E-state index in [-0.39, 0.29) is 18.3 Å². The molecule has 0 aliphatic heterocycles. The number of nitrogens with zero attached hydrogens (tertiary/aromatic N) is 1. The zero-order valence-electron chi connectivity index (χ0n) is 7.59. The molecule has 0 aromatic rings. The summed E-state index contributed by atoms with van der Waals surface area (Å²) in [4.78, 5) is 12.7. The number of hydrogen-bond donors (Lipinski definition) is 0. The molecule has 0 aromatic carbocycles. The SMILES string of the molecule is CCCN(CCC)C(C)=O.Cl. The van der Waals surface area contributed by atoms with Crippen LogP contribution in [-0.2, 0) is 4.79 Å². The lowest BCUT2D eigenvalue weighted by atomic mass is 10.3. The second-order valence-electron chi connectivity index (χ2n) is 2.51. The first-order chi connectivity index (χ1) is 4.72. The van der Waals surface area contributed by atoms with Crippen LogP contribution in [0.4, 0.5) is 0 Å². The third kappa shape index (κ3) is 6.17. The fraction of sp³-hybridized carbons (Fsp3) is 0.875. The third-order valence-corrected chi connectivity index (χ3v) is 1.43. The van der Waals surface area contributed by atoms with Crippen LogP contribution in [0.1, 0.15) is 33.6 Å². The lowest BCUT2D eigenvalue weighted by Gasteiger charge is -2.18. The molecular formula is C8H18ClNO. The van der Waals surface area contributed by atoms with Crippen molar-refractivity contribution < 1.29 is 4.79 Å². The normalized spacial score (nSPS) is 8.64. The average Bonchev–Trinajstić information content (AvgIpc) is 1.87. The maximum atomic E-state index is 10.8.